The molecular formula is C8H15O8P. The van der Waals surface area contributed by atoms with Crippen LogP contribution in [-0.4, -0.2) is 56.2 Å². The summed E-state index contributed by atoms with van der Waals surface area (Å²) < 4.78 is 26.5. The van der Waals surface area contributed by atoms with E-state index in [0.717, 1.165) is 0 Å². The number of aliphatic hydroxyl groups excluding tert-OH is 2. The summed E-state index contributed by atoms with van der Waals surface area (Å²) in [5, 5.41) is 19.2. The molecule has 0 aromatic carbocycles. The Kier molecular flexibility index (Phi) is 3.13. The first-order valence-electron chi connectivity index (χ1n) is 5.04. The molecule has 0 aliphatic carbocycles. The fraction of sp³-hybridized carbons (Fsp3) is 1.00. The van der Waals surface area contributed by atoms with E-state index in [2.05, 4.69) is 0 Å². The van der Waals surface area contributed by atoms with Crippen molar-refractivity contribution in [3.8, 4) is 0 Å². The summed E-state index contributed by atoms with van der Waals surface area (Å²) in [5.41, 5.74) is 0. The molecule has 0 bridgehead atoms. The number of rotatable bonds is 2. The van der Waals surface area contributed by atoms with Crippen LogP contribution in [0, 0.1) is 0 Å². The number of hydrogen-bond donors (Lipinski definition) is 4. The van der Waals surface area contributed by atoms with Crippen molar-refractivity contribution >= 4 is 7.60 Å². The summed E-state index contributed by atoms with van der Waals surface area (Å²) in [6, 6.07) is 0. The lowest BCUT2D eigenvalue weighted by atomic mass is 10.1. The number of ether oxygens (including phenoxy) is 3. The molecule has 2 aliphatic rings. The van der Waals surface area contributed by atoms with Crippen molar-refractivity contribution < 1.29 is 38.8 Å². The minimum Gasteiger partial charge on any atom is -0.387 e. The maximum absolute atomic E-state index is 10.9. The first-order valence-corrected chi connectivity index (χ1v) is 6.72. The molecule has 0 aromatic heterocycles. The molecule has 9 heteroatoms. The van der Waals surface area contributed by atoms with Crippen LogP contribution in [0.15, 0.2) is 0 Å². The van der Waals surface area contributed by atoms with Gasteiger partial charge in [-0.25, -0.2) is 0 Å². The van der Waals surface area contributed by atoms with Gasteiger partial charge in [0.2, 0.25) is 0 Å². The maximum Gasteiger partial charge on any atom is 0.356 e. The molecular weight excluding hydrogens is 255 g/mol. The van der Waals surface area contributed by atoms with Crippen molar-refractivity contribution in [2.45, 2.75) is 50.1 Å². The Hall–Kier alpha value is -0.0500. The zero-order valence-electron chi connectivity index (χ0n) is 9.26. The molecule has 2 aliphatic heterocycles. The predicted octanol–water partition coefficient (Wildman–Crippen LogP) is -1.28. The van der Waals surface area contributed by atoms with E-state index in [1.165, 1.54) is 0 Å². The van der Waals surface area contributed by atoms with Gasteiger partial charge in [-0.05, 0) is 13.8 Å². The molecule has 4 N–H and O–H groups in total. The summed E-state index contributed by atoms with van der Waals surface area (Å²) in [5.74, 6) is -3.03. The summed E-state index contributed by atoms with van der Waals surface area (Å²) in [6.45, 7) is 3.24. The van der Waals surface area contributed by atoms with Crippen LogP contribution in [0.1, 0.15) is 13.8 Å². The van der Waals surface area contributed by atoms with Crippen LogP contribution in [0.25, 0.3) is 0 Å². The highest BCUT2D eigenvalue weighted by atomic mass is 31.2. The van der Waals surface area contributed by atoms with Crippen molar-refractivity contribution in [1.29, 1.82) is 0 Å². The molecule has 0 aromatic rings. The lowest BCUT2D eigenvalue weighted by Crippen LogP contribution is -2.40. The summed E-state index contributed by atoms with van der Waals surface area (Å²) in [7, 11) is -4.76. The lowest BCUT2D eigenvalue weighted by molar-refractivity contribution is -0.221. The van der Waals surface area contributed by atoms with E-state index in [9.17, 15) is 14.8 Å². The van der Waals surface area contributed by atoms with Crippen LogP contribution in [0.4, 0.5) is 0 Å². The van der Waals surface area contributed by atoms with Crippen LogP contribution in [-0.2, 0) is 18.8 Å². The minimum atomic E-state index is -4.76. The van der Waals surface area contributed by atoms with Gasteiger partial charge in [0.15, 0.2) is 17.9 Å². The average molecular weight is 270 g/mol. The highest BCUT2D eigenvalue weighted by molar-refractivity contribution is 7.52. The van der Waals surface area contributed by atoms with E-state index in [0.29, 0.717) is 0 Å². The Bertz CT molecular complexity index is 351. The zero-order valence-corrected chi connectivity index (χ0v) is 10.2. The fourth-order valence-corrected chi connectivity index (χ4v) is 2.58. The Morgan fingerprint density at radius 3 is 2.35 bits per heavy atom. The standard InChI is InChI=1S/C8H15O8P/c1-8(2)15-5-3(9)4(14-7(5)16-8)6(10)17(11,12)13/h3-7,9-10H,1-2H3,(H2,11,12,13)/t3-,4+,5+,6?,7+/m1/s1. The van der Waals surface area contributed by atoms with Gasteiger partial charge in [-0.15, -0.1) is 0 Å². The molecule has 2 fully saturated rings. The largest absolute Gasteiger partial charge is 0.387 e. The minimum absolute atomic E-state index is 0.865. The van der Waals surface area contributed by atoms with Gasteiger partial charge in [0.1, 0.15) is 18.3 Å². The molecule has 0 radical (unpaired) electrons. The second kappa shape index (κ2) is 3.97. The lowest BCUT2D eigenvalue weighted by Gasteiger charge is -2.25. The van der Waals surface area contributed by atoms with Crippen LogP contribution in [0.5, 0.6) is 0 Å². The van der Waals surface area contributed by atoms with Crippen molar-refractivity contribution in [3.63, 3.8) is 0 Å². The predicted molar refractivity (Wildman–Crippen MR) is 52.8 cm³/mol. The molecule has 2 saturated heterocycles. The highest BCUT2D eigenvalue weighted by Gasteiger charge is 2.58. The Balaban J connectivity index is 2.11. The van der Waals surface area contributed by atoms with Gasteiger partial charge in [0, 0.05) is 0 Å². The second-order valence-corrected chi connectivity index (χ2v) is 6.27. The van der Waals surface area contributed by atoms with Crippen molar-refractivity contribution in [2.75, 3.05) is 0 Å². The number of aliphatic hydroxyl groups is 2. The smallest absolute Gasteiger partial charge is 0.356 e. The van der Waals surface area contributed by atoms with Gasteiger partial charge in [0.05, 0.1) is 0 Å². The van der Waals surface area contributed by atoms with E-state index in [4.69, 9.17) is 24.0 Å². The van der Waals surface area contributed by atoms with Crippen LogP contribution in [0.2, 0.25) is 0 Å². The van der Waals surface area contributed by atoms with Crippen molar-refractivity contribution in [1.82, 2.24) is 0 Å². The number of hydrogen-bond acceptors (Lipinski definition) is 6. The maximum atomic E-state index is 10.9. The molecule has 8 nitrogen and oxygen atoms in total. The summed E-state index contributed by atoms with van der Waals surface area (Å²) in [6.07, 6.45) is -4.59. The quantitative estimate of drug-likeness (QED) is 0.457. The summed E-state index contributed by atoms with van der Waals surface area (Å²) in [4.78, 5) is 17.6. The van der Waals surface area contributed by atoms with E-state index in [1.807, 2.05) is 0 Å². The fourth-order valence-electron chi connectivity index (χ4n) is 1.95. The Morgan fingerprint density at radius 1 is 1.29 bits per heavy atom. The topological polar surface area (TPSA) is 126 Å². The normalized spacial score (nSPS) is 42.5. The highest BCUT2D eigenvalue weighted by Crippen LogP contribution is 2.47. The van der Waals surface area contributed by atoms with Gasteiger partial charge in [-0.3, -0.25) is 4.57 Å². The second-order valence-electron chi connectivity index (χ2n) is 4.56. The molecule has 17 heavy (non-hydrogen) atoms. The average Bonchev–Trinajstić information content (AvgIpc) is 2.59. The van der Waals surface area contributed by atoms with E-state index in [-0.39, 0.29) is 0 Å². The molecule has 1 unspecified atom stereocenters. The Morgan fingerprint density at radius 2 is 1.88 bits per heavy atom. The first-order chi connectivity index (χ1) is 7.62. The molecule has 0 spiro atoms. The molecule has 0 amide bonds. The van der Waals surface area contributed by atoms with Gasteiger partial charge < -0.3 is 34.2 Å². The molecule has 2 heterocycles. The van der Waals surface area contributed by atoms with E-state index in [1.54, 1.807) is 13.8 Å². The molecule has 0 saturated carbocycles. The summed E-state index contributed by atoms with van der Waals surface area (Å²) >= 11 is 0. The van der Waals surface area contributed by atoms with E-state index < -0.39 is 43.8 Å². The van der Waals surface area contributed by atoms with Crippen LogP contribution >= 0.6 is 7.60 Å². The SMILES string of the molecule is CC1(C)O[C@@H]2O[C@H](C(O)P(=O)(O)O)[C@@H](O)[C@@H]2O1. The first kappa shape index (κ1) is 13.4. The van der Waals surface area contributed by atoms with E-state index >= 15 is 0 Å². The Labute approximate surface area is 97.3 Å². The monoisotopic (exact) mass is 270 g/mol. The van der Waals surface area contributed by atoms with Gasteiger partial charge in [0.25, 0.3) is 0 Å². The molecule has 2 rings (SSSR count). The van der Waals surface area contributed by atoms with Crippen LogP contribution in [0.3, 0.4) is 0 Å². The van der Waals surface area contributed by atoms with Gasteiger partial charge in [-0.1, -0.05) is 0 Å². The van der Waals surface area contributed by atoms with Gasteiger partial charge >= 0.3 is 7.60 Å². The van der Waals surface area contributed by atoms with Crippen molar-refractivity contribution in [3.05, 3.63) is 0 Å². The third-order valence-corrected chi connectivity index (χ3v) is 3.67. The van der Waals surface area contributed by atoms with Crippen molar-refractivity contribution in [2.24, 2.45) is 0 Å². The molecule has 5 atom stereocenters. The van der Waals surface area contributed by atoms with Crippen LogP contribution < -0.4 is 0 Å². The zero-order chi connectivity index (χ0) is 13.0. The third kappa shape index (κ3) is 2.40. The van der Waals surface area contributed by atoms with Gasteiger partial charge in [-0.2, -0.15) is 0 Å². The third-order valence-electron chi connectivity index (χ3n) is 2.69. The molecule has 100 valence electrons. The number of fused-ring (bicyclic) bond motifs is 1.